The number of rotatable bonds is 5. The van der Waals surface area contributed by atoms with Gasteiger partial charge in [-0.1, -0.05) is 42.5 Å². The van der Waals surface area contributed by atoms with Crippen LogP contribution < -0.4 is 5.32 Å². The van der Waals surface area contributed by atoms with Crippen molar-refractivity contribution in [2.45, 2.75) is 17.9 Å². The highest BCUT2D eigenvalue weighted by atomic mass is 32.2. The first-order chi connectivity index (χ1) is 12.0. The molecule has 0 radical (unpaired) electrons. The number of thioether (sulfide) groups is 1. The smallest absolute Gasteiger partial charge is 0.237 e. The van der Waals surface area contributed by atoms with Crippen LogP contribution in [0.25, 0.3) is 10.8 Å². The number of benzene rings is 3. The molecule has 1 atom stereocenters. The van der Waals surface area contributed by atoms with Crippen LogP contribution in [0, 0.1) is 11.6 Å². The van der Waals surface area contributed by atoms with Gasteiger partial charge in [0.15, 0.2) is 0 Å². The zero-order valence-electron chi connectivity index (χ0n) is 13.6. The first kappa shape index (κ1) is 17.4. The molecule has 0 aliphatic carbocycles. The van der Waals surface area contributed by atoms with Gasteiger partial charge >= 0.3 is 0 Å². The predicted octanol–water partition coefficient (Wildman–Crippen LogP) is 5.38. The highest BCUT2D eigenvalue weighted by Gasteiger charge is 2.16. The molecule has 0 bridgehead atoms. The van der Waals surface area contributed by atoms with E-state index in [0.717, 1.165) is 29.1 Å². The summed E-state index contributed by atoms with van der Waals surface area (Å²) in [5.74, 6) is -0.935. The molecule has 3 aromatic rings. The van der Waals surface area contributed by atoms with Crippen molar-refractivity contribution in [1.82, 2.24) is 0 Å². The van der Waals surface area contributed by atoms with Gasteiger partial charge in [-0.15, -0.1) is 11.8 Å². The Balaban J connectivity index is 1.61. The van der Waals surface area contributed by atoms with Crippen LogP contribution in [0.5, 0.6) is 0 Å². The normalized spacial score (nSPS) is 12.1. The van der Waals surface area contributed by atoms with Crippen molar-refractivity contribution in [2.24, 2.45) is 0 Å². The molecule has 3 rings (SSSR count). The fourth-order valence-electron chi connectivity index (χ4n) is 2.45. The van der Waals surface area contributed by atoms with Crippen molar-refractivity contribution in [1.29, 1.82) is 0 Å². The molecule has 0 aliphatic heterocycles. The van der Waals surface area contributed by atoms with Gasteiger partial charge in [-0.05, 0) is 35.4 Å². The third-order valence-electron chi connectivity index (χ3n) is 3.87. The second-order valence-corrected chi connectivity index (χ2v) is 7.08. The first-order valence-corrected chi connectivity index (χ1v) is 8.93. The average molecular weight is 357 g/mol. The maximum atomic E-state index is 13.6. The molecule has 0 fully saturated rings. The van der Waals surface area contributed by atoms with Crippen LogP contribution in [0.3, 0.4) is 0 Å². The molecule has 0 aliphatic rings. The lowest BCUT2D eigenvalue weighted by molar-refractivity contribution is -0.115. The SMILES string of the molecule is CC(SCc1ccc2ccccc2c1)C(=O)Nc1cc(F)ccc1F. The largest absolute Gasteiger partial charge is 0.323 e. The van der Waals surface area contributed by atoms with E-state index >= 15 is 0 Å². The summed E-state index contributed by atoms with van der Waals surface area (Å²) in [6.07, 6.45) is 0. The molecule has 0 aromatic heterocycles. The topological polar surface area (TPSA) is 29.1 Å². The molecule has 0 spiro atoms. The second-order valence-electron chi connectivity index (χ2n) is 5.75. The van der Waals surface area contributed by atoms with Crippen LogP contribution in [0.4, 0.5) is 14.5 Å². The van der Waals surface area contributed by atoms with Crippen molar-refractivity contribution >= 4 is 34.1 Å². The number of anilines is 1. The van der Waals surface area contributed by atoms with Gasteiger partial charge in [-0.2, -0.15) is 0 Å². The van der Waals surface area contributed by atoms with Gasteiger partial charge in [0.25, 0.3) is 0 Å². The van der Waals surface area contributed by atoms with Gasteiger partial charge in [0, 0.05) is 11.8 Å². The minimum absolute atomic E-state index is 0.136. The summed E-state index contributed by atoms with van der Waals surface area (Å²) in [7, 11) is 0. The van der Waals surface area contributed by atoms with E-state index in [1.807, 2.05) is 24.3 Å². The maximum Gasteiger partial charge on any atom is 0.237 e. The third-order valence-corrected chi connectivity index (χ3v) is 5.08. The number of hydrogen-bond acceptors (Lipinski definition) is 2. The van der Waals surface area contributed by atoms with Gasteiger partial charge in [-0.3, -0.25) is 4.79 Å². The Morgan fingerprint density at radius 1 is 1.04 bits per heavy atom. The van der Waals surface area contributed by atoms with Crippen LogP contribution in [0.2, 0.25) is 0 Å². The fourth-order valence-corrected chi connectivity index (χ4v) is 3.29. The van der Waals surface area contributed by atoms with Crippen LogP contribution in [0.15, 0.2) is 60.7 Å². The number of halogens is 2. The molecule has 128 valence electrons. The summed E-state index contributed by atoms with van der Waals surface area (Å²) >= 11 is 1.45. The van der Waals surface area contributed by atoms with Gasteiger partial charge in [-0.25, -0.2) is 8.78 Å². The molecule has 0 saturated carbocycles. The number of hydrogen-bond donors (Lipinski definition) is 1. The van der Waals surface area contributed by atoms with Crippen molar-refractivity contribution < 1.29 is 13.6 Å². The molecule has 0 saturated heterocycles. The molecular formula is C20H17F2NOS. The van der Waals surface area contributed by atoms with E-state index in [-0.39, 0.29) is 11.6 Å². The standard InChI is InChI=1S/C20H17F2NOS/c1-13(20(24)23-19-11-17(21)8-9-18(19)22)25-12-14-6-7-15-4-2-3-5-16(15)10-14/h2-11,13H,12H2,1H3,(H,23,24). The Kier molecular flexibility index (Phi) is 5.34. The molecule has 5 heteroatoms. The Labute approximate surface area is 149 Å². The Hall–Kier alpha value is -2.40. The van der Waals surface area contributed by atoms with Crippen molar-refractivity contribution in [2.75, 3.05) is 5.32 Å². The number of carbonyl (C=O) groups is 1. The Morgan fingerprint density at radius 2 is 1.80 bits per heavy atom. The van der Waals surface area contributed by atoms with Gasteiger partial charge in [0.2, 0.25) is 5.91 Å². The quantitative estimate of drug-likeness (QED) is 0.664. The van der Waals surface area contributed by atoms with Gasteiger partial charge < -0.3 is 5.32 Å². The fraction of sp³-hybridized carbons (Fsp3) is 0.150. The van der Waals surface area contributed by atoms with Crippen molar-refractivity contribution in [3.63, 3.8) is 0 Å². The predicted molar refractivity (Wildman–Crippen MR) is 99.7 cm³/mol. The van der Waals surface area contributed by atoms with E-state index in [4.69, 9.17) is 0 Å². The van der Waals surface area contributed by atoms with Crippen LogP contribution in [-0.4, -0.2) is 11.2 Å². The molecule has 25 heavy (non-hydrogen) atoms. The summed E-state index contributed by atoms with van der Waals surface area (Å²) < 4.78 is 26.8. The molecule has 1 unspecified atom stereocenters. The number of nitrogens with one attached hydrogen (secondary N) is 1. The lowest BCUT2D eigenvalue weighted by Crippen LogP contribution is -2.23. The Morgan fingerprint density at radius 3 is 2.60 bits per heavy atom. The zero-order valence-corrected chi connectivity index (χ0v) is 14.4. The van der Waals surface area contributed by atoms with E-state index in [1.165, 1.54) is 17.1 Å². The number of amides is 1. The van der Waals surface area contributed by atoms with Crippen LogP contribution >= 0.6 is 11.8 Å². The molecule has 1 N–H and O–H groups in total. The van der Waals surface area contributed by atoms with Gasteiger partial charge in [0.1, 0.15) is 11.6 Å². The summed E-state index contributed by atoms with van der Waals surface area (Å²) in [4.78, 5) is 12.2. The van der Waals surface area contributed by atoms with Crippen molar-refractivity contribution in [3.05, 3.63) is 77.9 Å². The molecular weight excluding hydrogens is 340 g/mol. The molecule has 0 heterocycles. The highest BCUT2D eigenvalue weighted by Crippen LogP contribution is 2.23. The molecule has 3 aromatic carbocycles. The minimum atomic E-state index is -0.651. The highest BCUT2D eigenvalue weighted by molar-refractivity contribution is 7.99. The maximum absolute atomic E-state index is 13.6. The summed E-state index contributed by atoms with van der Waals surface area (Å²) in [6, 6.07) is 17.3. The van der Waals surface area contributed by atoms with E-state index in [1.54, 1.807) is 6.92 Å². The molecule has 1 amide bonds. The number of carbonyl (C=O) groups excluding carboxylic acids is 1. The summed E-state index contributed by atoms with van der Waals surface area (Å²) in [5.41, 5.74) is 0.975. The van der Waals surface area contributed by atoms with Gasteiger partial charge in [0.05, 0.1) is 10.9 Å². The average Bonchev–Trinajstić information content (AvgIpc) is 2.62. The zero-order chi connectivity index (χ0) is 17.8. The van der Waals surface area contributed by atoms with E-state index in [0.29, 0.717) is 5.75 Å². The lowest BCUT2D eigenvalue weighted by atomic mass is 10.1. The monoisotopic (exact) mass is 357 g/mol. The van der Waals surface area contributed by atoms with E-state index in [9.17, 15) is 13.6 Å². The minimum Gasteiger partial charge on any atom is -0.323 e. The third kappa shape index (κ3) is 4.37. The summed E-state index contributed by atoms with van der Waals surface area (Å²) in [5, 5.41) is 4.37. The van der Waals surface area contributed by atoms with E-state index in [2.05, 4.69) is 23.5 Å². The number of fused-ring (bicyclic) bond motifs is 1. The van der Waals surface area contributed by atoms with E-state index < -0.39 is 16.9 Å². The Bertz CT molecular complexity index is 913. The lowest BCUT2D eigenvalue weighted by Gasteiger charge is -2.13. The van der Waals surface area contributed by atoms with Crippen molar-refractivity contribution in [3.8, 4) is 0 Å². The molecule has 2 nitrogen and oxygen atoms in total. The van der Waals surface area contributed by atoms with Crippen LogP contribution in [-0.2, 0) is 10.5 Å². The van der Waals surface area contributed by atoms with Crippen LogP contribution in [0.1, 0.15) is 12.5 Å². The first-order valence-electron chi connectivity index (χ1n) is 7.88. The summed E-state index contributed by atoms with van der Waals surface area (Å²) in [6.45, 7) is 1.75. The second kappa shape index (κ2) is 7.66.